The maximum absolute atomic E-state index is 11.2. The summed E-state index contributed by atoms with van der Waals surface area (Å²) in [6.07, 6.45) is -2.72. The summed E-state index contributed by atoms with van der Waals surface area (Å²) < 4.78 is 33.5. The van der Waals surface area contributed by atoms with Crippen molar-refractivity contribution in [2.75, 3.05) is 0 Å². The lowest BCUT2D eigenvalue weighted by atomic mass is 10.5. The minimum Gasteiger partial charge on any atom is -0.166 e. The van der Waals surface area contributed by atoms with Gasteiger partial charge in [-0.15, -0.1) is 0 Å². The SMILES string of the molecule is FC(F)(F)C1=CC1. The molecule has 0 aliphatic heterocycles. The van der Waals surface area contributed by atoms with Gasteiger partial charge in [0.05, 0.1) is 0 Å². The van der Waals surface area contributed by atoms with Crippen molar-refractivity contribution < 1.29 is 13.2 Å². The average Bonchev–Trinajstić information content (AvgIpc) is 1.99. The molecule has 0 saturated carbocycles. The second kappa shape index (κ2) is 1.02. The van der Waals surface area contributed by atoms with E-state index in [2.05, 4.69) is 0 Å². The Bertz CT molecular complexity index is 109. The second-order valence-electron chi connectivity index (χ2n) is 1.43. The monoisotopic (exact) mass is 108 g/mol. The average molecular weight is 108 g/mol. The molecule has 0 atom stereocenters. The Morgan fingerprint density at radius 1 is 1.43 bits per heavy atom. The quantitative estimate of drug-likeness (QED) is 0.415. The third-order valence-electron chi connectivity index (χ3n) is 0.772. The van der Waals surface area contributed by atoms with Gasteiger partial charge in [-0.1, -0.05) is 6.08 Å². The third-order valence-corrected chi connectivity index (χ3v) is 0.772. The first-order valence-corrected chi connectivity index (χ1v) is 1.87. The van der Waals surface area contributed by atoms with E-state index in [0.29, 0.717) is 0 Å². The highest BCUT2D eigenvalue weighted by Crippen LogP contribution is 2.36. The van der Waals surface area contributed by atoms with Crippen LogP contribution in [-0.2, 0) is 0 Å². The lowest BCUT2D eigenvalue weighted by molar-refractivity contribution is -0.0874. The summed E-state index contributed by atoms with van der Waals surface area (Å²) >= 11 is 0. The van der Waals surface area contributed by atoms with Gasteiger partial charge in [0, 0.05) is 5.57 Å². The smallest absolute Gasteiger partial charge is 0.166 e. The maximum atomic E-state index is 11.2. The molecule has 0 bridgehead atoms. The molecule has 1 aliphatic rings. The summed E-state index contributed by atoms with van der Waals surface area (Å²) in [7, 11) is 0. The highest BCUT2D eigenvalue weighted by molar-refractivity contribution is 5.26. The molecule has 0 aromatic heterocycles. The van der Waals surface area contributed by atoms with Gasteiger partial charge in [-0.3, -0.25) is 0 Å². The minimum atomic E-state index is -4.03. The number of rotatable bonds is 0. The van der Waals surface area contributed by atoms with E-state index in [9.17, 15) is 13.2 Å². The van der Waals surface area contributed by atoms with Crippen molar-refractivity contribution in [1.29, 1.82) is 0 Å². The summed E-state index contributed by atoms with van der Waals surface area (Å²) in [4.78, 5) is 0. The van der Waals surface area contributed by atoms with Crippen LogP contribution in [0.4, 0.5) is 13.2 Å². The molecule has 0 unspecified atom stereocenters. The Labute approximate surface area is 38.6 Å². The van der Waals surface area contributed by atoms with E-state index in [1.807, 2.05) is 0 Å². The van der Waals surface area contributed by atoms with Crippen molar-refractivity contribution in [1.82, 2.24) is 0 Å². The predicted molar refractivity (Wildman–Crippen MR) is 18.8 cm³/mol. The van der Waals surface area contributed by atoms with Crippen LogP contribution in [0.1, 0.15) is 6.42 Å². The summed E-state index contributed by atoms with van der Waals surface area (Å²) in [5.74, 6) is 0. The van der Waals surface area contributed by atoms with E-state index in [1.165, 1.54) is 6.08 Å². The van der Waals surface area contributed by atoms with Crippen molar-refractivity contribution in [3.63, 3.8) is 0 Å². The largest absolute Gasteiger partial charge is 0.412 e. The predicted octanol–water partition coefficient (Wildman–Crippen LogP) is 1.88. The molecule has 0 aromatic rings. The lowest BCUT2D eigenvalue weighted by Gasteiger charge is -1.95. The van der Waals surface area contributed by atoms with Gasteiger partial charge >= 0.3 is 6.18 Å². The fraction of sp³-hybridized carbons (Fsp3) is 0.500. The van der Waals surface area contributed by atoms with Crippen LogP contribution >= 0.6 is 0 Å². The Morgan fingerprint density at radius 2 is 1.86 bits per heavy atom. The van der Waals surface area contributed by atoms with Crippen LogP contribution < -0.4 is 0 Å². The van der Waals surface area contributed by atoms with Gasteiger partial charge in [0.25, 0.3) is 0 Å². The number of alkyl halides is 3. The van der Waals surface area contributed by atoms with Crippen molar-refractivity contribution >= 4 is 0 Å². The molecule has 0 N–H and O–H groups in total. The van der Waals surface area contributed by atoms with Crippen LogP contribution in [0, 0.1) is 0 Å². The van der Waals surface area contributed by atoms with E-state index in [-0.39, 0.29) is 12.0 Å². The molecule has 3 heteroatoms. The number of halogens is 3. The van der Waals surface area contributed by atoms with Gasteiger partial charge in [0.1, 0.15) is 0 Å². The van der Waals surface area contributed by atoms with E-state index >= 15 is 0 Å². The van der Waals surface area contributed by atoms with Crippen LogP contribution in [0.15, 0.2) is 11.6 Å². The number of allylic oxidation sites excluding steroid dienone is 2. The Hall–Kier alpha value is -0.470. The minimum absolute atomic E-state index is 0.142. The zero-order valence-corrected chi connectivity index (χ0v) is 3.42. The van der Waals surface area contributed by atoms with Gasteiger partial charge in [-0.25, -0.2) is 0 Å². The van der Waals surface area contributed by atoms with Crippen LogP contribution in [-0.4, -0.2) is 6.18 Å². The molecule has 0 nitrogen and oxygen atoms in total. The Morgan fingerprint density at radius 3 is 1.86 bits per heavy atom. The molecular weight excluding hydrogens is 105 g/mol. The maximum Gasteiger partial charge on any atom is 0.412 e. The fourth-order valence-corrected chi connectivity index (χ4v) is 0.282. The van der Waals surface area contributed by atoms with Gasteiger partial charge in [0.15, 0.2) is 0 Å². The Kier molecular flexibility index (Phi) is 0.685. The van der Waals surface area contributed by atoms with Crippen molar-refractivity contribution in [2.24, 2.45) is 0 Å². The molecular formula is C4H3F3. The van der Waals surface area contributed by atoms with Gasteiger partial charge in [-0.05, 0) is 6.42 Å². The molecule has 0 spiro atoms. The Balaban J connectivity index is 2.53. The van der Waals surface area contributed by atoms with Crippen LogP contribution in [0.2, 0.25) is 0 Å². The molecule has 1 aliphatic carbocycles. The van der Waals surface area contributed by atoms with E-state index in [1.54, 1.807) is 0 Å². The number of hydrogen-bond acceptors (Lipinski definition) is 0. The van der Waals surface area contributed by atoms with Gasteiger partial charge in [0.2, 0.25) is 0 Å². The van der Waals surface area contributed by atoms with E-state index < -0.39 is 6.18 Å². The van der Waals surface area contributed by atoms with E-state index in [4.69, 9.17) is 0 Å². The fourth-order valence-electron chi connectivity index (χ4n) is 0.282. The zero-order chi connectivity index (χ0) is 5.49. The first-order valence-electron chi connectivity index (χ1n) is 1.87. The normalized spacial score (nSPS) is 19.0. The summed E-state index contributed by atoms with van der Waals surface area (Å²) in [5, 5.41) is 0. The standard InChI is InChI=1S/C4H3F3/c5-4(6,7)3-1-2-3/h1H,2H2. The topological polar surface area (TPSA) is 0 Å². The molecule has 7 heavy (non-hydrogen) atoms. The molecule has 40 valence electrons. The molecule has 0 radical (unpaired) electrons. The molecule has 0 aromatic carbocycles. The molecule has 0 saturated heterocycles. The highest BCUT2D eigenvalue weighted by Gasteiger charge is 2.37. The summed E-state index contributed by atoms with van der Waals surface area (Å²) in [6.45, 7) is 0. The van der Waals surface area contributed by atoms with Gasteiger partial charge < -0.3 is 0 Å². The summed E-state index contributed by atoms with van der Waals surface area (Å²) in [6, 6.07) is 0. The molecule has 1 rings (SSSR count). The van der Waals surface area contributed by atoms with Gasteiger partial charge in [-0.2, -0.15) is 13.2 Å². The highest BCUT2D eigenvalue weighted by atomic mass is 19.4. The number of hydrogen-bond donors (Lipinski definition) is 0. The van der Waals surface area contributed by atoms with E-state index in [0.717, 1.165) is 0 Å². The third kappa shape index (κ3) is 0.947. The lowest BCUT2D eigenvalue weighted by Crippen LogP contribution is -2.02. The molecule has 0 fully saturated rings. The molecule has 0 heterocycles. The first kappa shape index (κ1) is 4.68. The van der Waals surface area contributed by atoms with Crippen LogP contribution in [0.25, 0.3) is 0 Å². The van der Waals surface area contributed by atoms with Crippen molar-refractivity contribution in [3.8, 4) is 0 Å². The van der Waals surface area contributed by atoms with Crippen LogP contribution in [0.5, 0.6) is 0 Å². The summed E-state index contributed by atoms with van der Waals surface area (Å²) in [5.41, 5.74) is -0.382. The zero-order valence-electron chi connectivity index (χ0n) is 3.42. The van der Waals surface area contributed by atoms with Crippen molar-refractivity contribution in [2.45, 2.75) is 12.6 Å². The molecule has 0 amide bonds. The second-order valence-corrected chi connectivity index (χ2v) is 1.43. The van der Waals surface area contributed by atoms with Crippen LogP contribution in [0.3, 0.4) is 0 Å². The first-order chi connectivity index (χ1) is 3.11. The van der Waals surface area contributed by atoms with Crippen molar-refractivity contribution in [3.05, 3.63) is 11.6 Å².